The molecule has 0 atom stereocenters. The normalized spacial score (nSPS) is 10.1. The predicted molar refractivity (Wildman–Crippen MR) is 58.9 cm³/mol. The lowest BCUT2D eigenvalue weighted by molar-refractivity contribution is 0.676. The van der Waals surface area contributed by atoms with Gasteiger partial charge in [0.25, 0.3) is 0 Å². The lowest BCUT2D eigenvalue weighted by Gasteiger charge is -2.02. The molecule has 0 aromatic carbocycles. The summed E-state index contributed by atoms with van der Waals surface area (Å²) in [5.74, 6) is 0.982. The van der Waals surface area contributed by atoms with Crippen LogP contribution < -0.4 is 0 Å². The largest absolute Gasteiger partial charge is 0.322 e. The van der Waals surface area contributed by atoms with Gasteiger partial charge < -0.3 is 4.57 Å². The number of hydrogen-bond acceptors (Lipinski definition) is 2. The molecule has 14 heavy (non-hydrogen) atoms. The third-order valence-corrected chi connectivity index (χ3v) is 2.98. The van der Waals surface area contributed by atoms with Gasteiger partial charge in [-0.1, -0.05) is 13.3 Å². The van der Waals surface area contributed by atoms with Crippen LogP contribution in [0.15, 0.2) is 4.60 Å². The number of aryl methyl sites for hydroxylation is 2. The highest BCUT2D eigenvalue weighted by atomic mass is 79.9. The van der Waals surface area contributed by atoms with Gasteiger partial charge in [0, 0.05) is 6.54 Å². The van der Waals surface area contributed by atoms with Gasteiger partial charge in [0.1, 0.15) is 10.4 Å². The average Bonchev–Trinajstić information content (AvgIpc) is 2.41. The molecule has 0 bridgehead atoms. The highest BCUT2D eigenvalue weighted by Crippen LogP contribution is 2.20. The number of imidazole rings is 1. The van der Waals surface area contributed by atoms with Gasteiger partial charge in [0.15, 0.2) is 0 Å². The molecule has 1 rings (SSSR count). The second-order valence-electron chi connectivity index (χ2n) is 3.21. The van der Waals surface area contributed by atoms with Crippen LogP contribution in [0.25, 0.3) is 0 Å². The first-order valence-corrected chi connectivity index (χ1v) is 5.58. The van der Waals surface area contributed by atoms with Crippen molar-refractivity contribution >= 4 is 15.9 Å². The Balaban J connectivity index is 2.88. The summed E-state index contributed by atoms with van der Waals surface area (Å²) in [4.78, 5) is 4.46. The van der Waals surface area contributed by atoms with Crippen molar-refractivity contribution in [1.82, 2.24) is 9.55 Å². The summed E-state index contributed by atoms with van der Waals surface area (Å²) in [6.45, 7) is 4.83. The lowest BCUT2D eigenvalue weighted by atomic mass is 10.3. The van der Waals surface area contributed by atoms with Crippen molar-refractivity contribution < 1.29 is 0 Å². The third kappa shape index (κ3) is 2.36. The maximum absolute atomic E-state index is 8.52. The monoisotopic (exact) mass is 255 g/mol. The second-order valence-corrected chi connectivity index (χ2v) is 3.96. The van der Waals surface area contributed by atoms with Gasteiger partial charge in [0.05, 0.1) is 18.2 Å². The van der Waals surface area contributed by atoms with Gasteiger partial charge in [-0.3, -0.25) is 0 Å². The molecule has 0 saturated heterocycles. The van der Waals surface area contributed by atoms with Crippen LogP contribution >= 0.6 is 15.9 Å². The summed E-state index contributed by atoms with van der Waals surface area (Å²) >= 11 is 3.52. The van der Waals surface area contributed by atoms with E-state index in [9.17, 15) is 0 Å². The third-order valence-electron chi connectivity index (χ3n) is 2.10. The van der Waals surface area contributed by atoms with Crippen LogP contribution in [-0.4, -0.2) is 9.55 Å². The number of hydrogen-bond donors (Lipinski definition) is 0. The summed E-state index contributed by atoms with van der Waals surface area (Å²) < 4.78 is 3.08. The summed E-state index contributed by atoms with van der Waals surface area (Å²) in [7, 11) is 0. The van der Waals surface area contributed by atoms with Crippen molar-refractivity contribution in [3.05, 3.63) is 16.1 Å². The fourth-order valence-corrected chi connectivity index (χ4v) is 2.14. The van der Waals surface area contributed by atoms with E-state index in [0.717, 1.165) is 35.5 Å². The zero-order valence-corrected chi connectivity index (χ0v) is 10.1. The van der Waals surface area contributed by atoms with Crippen LogP contribution in [0.2, 0.25) is 0 Å². The van der Waals surface area contributed by atoms with Gasteiger partial charge in [-0.2, -0.15) is 5.26 Å². The first-order chi connectivity index (χ1) is 6.70. The smallest absolute Gasteiger partial charge is 0.108 e. The van der Waals surface area contributed by atoms with Crippen LogP contribution in [0.1, 0.15) is 31.3 Å². The Labute approximate surface area is 92.9 Å². The van der Waals surface area contributed by atoms with Crippen molar-refractivity contribution in [2.45, 2.75) is 39.7 Å². The summed E-state index contributed by atoms with van der Waals surface area (Å²) in [6.07, 6.45) is 2.61. The molecule has 0 aliphatic rings. The molecule has 0 saturated carbocycles. The van der Waals surface area contributed by atoms with E-state index in [4.69, 9.17) is 5.26 Å². The van der Waals surface area contributed by atoms with Crippen LogP contribution in [0.3, 0.4) is 0 Å². The van der Waals surface area contributed by atoms with E-state index < -0.39 is 0 Å². The zero-order chi connectivity index (χ0) is 10.6. The molecule has 0 aliphatic heterocycles. The van der Waals surface area contributed by atoms with E-state index in [1.807, 2.05) is 11.5 Å². The minimum atomic E-state index is 0.529. The molecule has 4 heteroatoms. The molecule has 1 heterocycles. The van der Waals surface area contributed by atoms with E-state index in [-0.39, 0.29) is 0 Å². The fraction of sp³-hybridized carbons (Fsp3) is 0.600. The molecule has 0 spiro atoms. The highest BCUT2D eigenvalue weighted by Gasteiger charge is 2.10. The van der Waals surface area contributed by atoms with Crippen molar-refractivity contribution in [3.63, 3.8) is 0 Å². The van der Waals surface area contributed by atoms with Gasteiger partial charge >= 0.3 is 0 Å². The molecule has 3 nitrogen and oxygen atoms in total. The minimum absolute atomic E-state index is 0.529. The maximum atomic E-state index is 8.52. The average molecular weight is 256 g/mol. The molecular weight excluding hydrogens is 242 g/mol. The molecule has 0 amide bonds. The first kappa shape index (κ1) is 11.3. The summed E-state index contributed by atoms with van der Waals surface area (Å²) in [6, 6.07) is 2.14. The molecular formula is C10H14BrN3. The maximum Gasteiger partial charge on any atom is 0.108 e. The van der Waals surface area contributed by atoms with Crippen LogP contribution in [0, 0.1) is 18.3 Å². The van der Waals surface area contributed by atoms with Crippen molar-refractivity contribution in [1.29, 1.82) is 5.26 Å². The van der Waals surface area contributed by atoms with Crippen LogP contribution in [0.5, 0.6) is 0 Å². The van der Waals surface area contributed by atoms with E-state index >= 15 is 0 Å². The van der Waals surface area contributed by atoms with E-state index in [1.54, 1.807) is 0 Å². The number of nitriles is 1. The van der Waals surface area contributed by atoms with E-state index in [1.165, 1.54) is 0 Å². The minimum Gasteiger partial charge on any atom is -0.322 e. The first-order valence-electron chi connectivity index (χ1n) is 4.79. The fourth-order valence-electron chi connectivity index (χ4n) is 1.42. The van der Waals surface area contributed by atoms with Gasteiger partial charge in [0.2, 0.25) is 0 Å². The van der Waals surface area contributed by atoms with E-state index in [2.05, 4.69) is 33.9 Å². The number of rotatable bonds is 4. The Kier molecular flexibility index (Phi) is 4.15. The van der Waals surface area contributed by atoms with Gasteiger partial charge in [-0.25, -0.2) is 4.98 Å². The Morgan fingerprint density at radius 1 is 1.57 bits per heavy atom. The van der Waals surface area contributed by atoms with Gasteiger partial charge in [-0.15, -0.1) is 0 Å². The van der Waals surface area contributed by atoms with Gasteiger partial charge in [-0.05, 0) is 29.3 Å². The number of halogens is 1. The van der Waals surface area contributed by atoms with E-state index in [0.29, 0.717) is 6.42 Å². The molecule has 0 fully saturated rings. The summed E-state index contributed by atoms with van der Waals surface area (Å²) in [5.41, 5.74) is 1.10. The van der Waals surface area contributed by atoms with Crippen LogP contribution in [-0.2, 0) is 13.0 Å². The zero-order valence-electron chi connectivity index (χ0n) is 8.55. The summed E-state index contributed by atoms with van der Waals surface area (Å²) in [5, 5.41) is 8.52. The SMILES string of the molecule is CCCc1nc(C)n(CCC#N)c1Br. The second kappa shape index (κ2) is 5.16. The van der Waals surface area contributed by atoms with Crippen molar-refractivity contribution in [2.24, 2.45) is 0 Å². The molecule has 76 valence electrons. The standard InChI is InChI=1S/C10H14BrN3/c1-3-5-9-10(11)14(7-4-6-12)8(2)13-9/h3-5,7H2,1-2H3. The van der Waals surface area contributed by atoms with Crippen molar-refractivity contribution in [2.75, 3.05) is 0 Å². The molecule has 1 aromatic rings. The highest BCUT2D eigenvalue weighted by molar-refractivity contribution is 9.10. The van der Waals surface area contributed by atoms with Crippen molar-refractivity contribution in [3.8, 4) is 6.07 Å². The number of aromatic nitrogens is 2. The Morgan fingerprint density at radius 2 is 2.29 bits per heavy atom. The Morgan fingerprint density at radius 3 is 2.86 bits per heavy atom. The number of nitrogens with zero attached hydrogens (tertiary/aromatic N) is 3. The predicted octanol–water partition coefficient (Wildman–Crippen LogP) is 2.82. The molecule has 0 unspecified atom stereocenters. The Hall–Kier alpha value is -0.820. The lowest BCUT2D eigenvalue weighted by Crippen LogP contribution is -2.00. The molecule has 0 radical (unpaired) electrons. The molecule has 0 aliphatic carbocycles. The quantitative estimate of drug-likeness (QED) is 0.831. The van der Waals surface area contributed by atoms with Crippen LogP contribution in [0.4, 0.5) is 0 Å². The molecule has 1 aromatic heterocycles. The Bertz CT molecular complexity index is 349. The topological polar surface area (TPSA) is 41.6 Å². The molecule has 0 N–H and O–H groups in total.